The SMILES string of the molecule is CCN=C1C=CC(=[N+](c2ccc(N(CC)CC)cc2)c2ccc(N(CC)CC)cc2)C=C1. The second-order valence-corrected chi connectivity index (χ2v) is 7.70. The van der Waals surface area contributed by atoms with Crippen LogP contribution in [0.3, 0.4) is 0 Å². The smallest absolute Gasteiger partial charge is 0.211 e. The first-order chi connectivity index (χ1) is 15.6. The Bertz CT molecular complexity index is 911. The lowest BCUT2D eigenvalue weighted by atomic mass is 10.1. The first-order valence-corrected chi connectivity index (χ1v) is 11.9. The van der Waals surface area contributed by atoms with Gasteiger partial charge in [0, 0.05) is 80.5 Å². The molecule has 2 aromatic rings. The molecule has 0 saturated carbocycles. The molecule has 0 amide bonds. The lowest BCUT2D eigenvalue weighted by molar-refractivity contribution is 0.865. The molecule has 0 aliphatic heterocycles. The first kappa shape index (κ1) is 23.5. The van der Waals surface area contributed by atoms with Gasteiger partial charge < -0.3 is 9.80 Å². The highest BCUT2D eigenvalue weighted by Crippen LogP contribution is 2.27. The summed E-state index contributed by atoms with van der Waals surface area (Å²) in [6.45, 7) is 15.7. The van der Waals surface area contributed by atoms with E-state index < -0.39 is 0 Å². The fraction of sp³-hybridized carbons (Fsp3) is 0.357. The average Bonchev–Trinajstić information content (AvgIpc) is 2.84. The Labute approximate surface area is 193 Å². The van der Waals surface area contributed by atoms with Gasteiger partial charge in [0.15, 0.2) is 0 Å². The minimum absolute atomic E-state index is 0.794. The van der Waals surface area contributed by atoms with Crippen molar-refractivity contribution in [3.63, 3.8) is 0 Å². The van der Waals surface area contributed by atoms with Gasteiger partial charge in [-0.25, -0.2) is 0 Å². The summed E-state index contributed by atoms with van der Waals surface area (Å²) in [5.74, 6) is 0. The van der Waals surface area contributed by atoms with Crippen LogP contribution in [0.2, 0.25) is 0 Å². The van der Waals surface area contributed by atoms with Crippen LogP contribution in [-0.4, -0.2) is 44.1 Å². The van der Waals surface area contributed by atoms with Crippen LogP contribution in [0.5, 0.6) is 0 Å². The van der Waals surface area contributed by atoms with Crippen LogP contribution in [0.25, 0.3) is 0 Å². The van der Waals surface area contributed by atoms with Crippen LogP contribution >= 0.6 is 0 Å². The predicted molar refractivity (Wildman–Crippen MR) is 143 cm³/mol. The van der Waals surface area contributed by atoms with Crippen LogP contribution in [-0.2, 0) is 0 Å². The largest absolute Gasteiger partial charge is 0.372 e. The summed E-state index contributed by atoms with van der Waals surface area (Å²) in [5.41, 5.74) is 6.96. The van der Waals surface area contributed by atoms with E-state index in [1.54, 1.807) is 0 Å². The molecule has 0 fully saturated rings. The Kier molecular flexibility index (Phi) is 8.43. The topological polar surface area (TPSA) is 21.9 Å². The molecule has 1 aliphatic carbocycles. The summed E-state index contributed by atoms with van der Waals surface area (Å²) in [7, 11) is 0. The molecule has 0 N–H and O–H groups in total. The van der Waals surface area contributed by atoms with Crippen molar-refractivity contribution in [3.05, 3.63) is 72.8 Å². The third-order valence-electron chi connectivity index (χ3n) is 5.92. The van der Waals surface area contributed by atoms with Crippen molar-refractivity contribution >= 4 is 34.2 Å². The lowest BCUT2D eigenvalue weighted by Crippen LogP contribution is -2.22. The number of allylic oxidation sites excluding steroid dienone is 4. The van der Waals surface area contributed by atoms with Gasteiger partial charge in [-0.15, -0.1) is 0 Å². The Morgan fingerprint density at radius 3 is 1.34 bits per heavy atom. The van der Waals surface area contributed by atoms with Gasteiger partial charge in [0.2, 0.25) is 17.1 Å². The maximum atomic E-state index is 4.52. The van der Waals surface area contributed by atoms with E-state index in [-0.39, 0.29) is 0 Å². The Morgan fingerprint density at radius 2 is 1.00 bits per heavy atom. The van der Waals surface area contributed by atoms with Crippen molar-refractivity contribution in [1.29, 1.82) is 0 Å². The Morgan fingerprint density at radius 1 is 0.594 bits per heavy atom. The highest BCUT2D eigenvalue weighted by molar-refractivity contribution is 6.19. The minimum atomic E-state index is 0.794. The zero-order valence-electron chi connectivity index (χ0n) is 20.3. The minimum Gasteiger partial charge on any atom is -0.372 e. The summed E-state index contributed by atoms with van der Waals surface area (Å²) in [6, 6.07) is 17.8. The molecule has 4 heteroatoms. The molecule has 1 aliphatic rings. The number of hydrogen-bond donors (Lipinski definition) is 0. The van der Waals surface area contributed by atoms with Gasteiger partial charge in [0.1, 0.15) is 0 Å². The molecular weight excluding hydrogens is 392 g/mol. The molecule has 2 aromatic carbocycles. The van der Waals surface area contributed by atoms with E-state index in [0.29, 0.717) is 0 Å². The van der Waals surface area contributed by atoms with Crippen molar-refractivity contribution in [2.75, 3.05) is 42.5 Å². The Hall–Kier alpha value is -3.14. The average molecular weight is 430 g/mol. The lowest BCUT2D eigenvalue weighted by Gasteiger charge is -2.21. The summed E-state index contributed by atoms with van der Waals surface area (Å²) in [4.78, 5) is 9.26. The highest BCUT2D eigenvalue weighted by atomic mass is 15.1. The molecule has 0 spiro atoms. The van der Waals surface area contributed by atoms with Gasteiger partial charge in [0.25, 0.3) is 0 Å². The number of nitrogens with zero attached hydrogens (tertiary/aromatic N) is 4. The molecule has 0 atom stereocenters. The molecule has 0 heterocycles. The summed E-state index contributed by atoms with van der Waals surface area (Å²) >= 11 is 0. The highest BCUT2D eigenvalue weighted by Gasteiger charge is 2.20. The van der Waals surface area contributed by atoms with Crippen molar-refractivity contribution in [2.45, 2.75) is 34.6 Å². The van der Waals surface area contributed by atoms with Gasteiger partial charge in [-0.05, 0) is 71.0 Å². The van der Waals surface area contributed by atoms with Crippen LogP contribution < -0.4 is 14.4 Å². The molecule has 3 rings (SSSR count). The quantitative estimate of drug-likeness (QED) is 0.347. The monoisotopic (exact) mass is 429 g/mol. The fourth-order valence-corrected chi connectivity index (χ4v) is 4.14. The number of anilines is 2. The van der Waals surface area contributed by atoms with E-state index in [4.69, 9.17) is 0 Å². The number of benzene rings is 2. The predicted octanol–water partition coefficient (Wildman–Crippen LogP) is 6.24. The zero-order valence-corrected chi connectivity index (χ0v) is 20.3. The van der Waals surface area contributed by atoms with Gasteiger partial charge in [0.05, 0.1) is 5.71 Å². The van der Waals surface area contributed by atoms with E-state index in [2.05, 4.69) is 127 Å². The van der Waals surface area contributed by atoms with E-state index in [0.717, 1.165) is 55.5 Å². The van der Waals surface area contributed by atoms with Crippen molar-refractivity contribution in [1.82, 2.24) is 4.58 Å². The molecule has 0 radical (unpaired) electrons. The van der Waals surface area contributed by atoms with Crippen molar-refractivity contribution < 1.29 is 0 Å². The van der Waals surface area contributed by atoms with Gasteiger partial charge >= 0.3 is 0 Å². The van der Waals surface area contributed by atoms with Crippen LogP contribution in [0.15, 0.2) is 77.8 Å². The third-order valence-corrected chi connectivity index (χ3v) is 5.92. The van der Waals surface area contributed by atoms with Gasteiger partial charge in [-0.3, -0.25) is 4.99 Å². The van der Waals surface area contributed by atoms with E-state index in [9.17, 15) is 0 Å². The van der Waals surface area contributed by atoms with E-state index in [1.165, 1.54) is 11.4 Å². The molecule has 0 saturated heterocycles. The normalized spacial score (nSPS) is 12.8. The van der Waals surface area contributed by atoms with Crippen LogP contribution in [0.1, 0.15) is 34.6 Å². The maximum absolute atomic E-state index is 4.52. The number of hydrogen-bond acceptors (Lipinski definition) is 3. The summed E-state index contributed by atoms with van der Waals surface area (Å²) < 4.78 is 2.31. The van der Waals surface area contributed by atoms with Crippen LogP contribution in [0.4, 0.5) is 22.7 Å². The van der Waals surface area contributed by atoms with Crippen molar-refractivity contribution in [2.24, 2.45) is 4.99 Å². The summed E-state index contributed by atoms with van der Waals surface area (Å²) in [6.07, 6.45) is 8.51. The van der Waals surface area contributed by atoms with Gasteiger partial charge in [-0.2, -0.15) is 4.58 Å². The molecule has 0 aromatic heterocycles. The molecule has 0 bridgehead atoms. The number of rotatable bonds is 9. The van der Waals surface area contributed by atoms with E-state index in [1.807, 2.05) is 0 Å². The molecule has 0 unspecified atom stereocenters. The summed E-state index contributed by atoms with van der Waals surface area (Å²) in [5, 5.41) is 0. The Balaban J connectivity index is 2.06. The third kappa shape index (κ3) is 5.37. The number of aliphatic imine (C=N–C) groups is 1. The van der Waals surface area contributed by atoms with Crippen LogP contribution in [0, 0.1) is 0 Å². The fourth-order valence-electron chi connectivity index (χ4n) is 4.14. The molecule has 168 valence electrons. The molecular formula is C28H37N4+. The second kappa shape index (κ2) is 11.5. The second-order valence-electron chi connectivity index (χ2n) is 7.70. The standard InChI is InChI=1S/C28H37N4/c1-6-29-23-11-13-26(14-12-23)32(27-19-15-24(16-20-27)30(7-2)8-3)28-21-17-25(18-22-28)31(9-4)10-5/h11-22H,6-10H2,1-5H3/q+1. The maximum Gasteiger partial charge on any atom is 0.211 e. The molecule has 32 heavy (non-hydrogen) atoms. The molecule has 4 nitrogen and oxygen atoms in total. The van der Waals surface area contributed by atoms with Gasteiger partial charge in [-0.1, -0.05) is 0 Å². The zero-order chi connectivity index (χ0) is 22.9. The van der Waals surface area contributed by atoms with Crippen molar-refractivity contribution in [3.8, 4) is 0 Å². The van der Waals surface area contributed by atoms with E-state index >= 15 is 0 Å². The first-order valence-electron chi connectivity index (χ1n) is 11.9.